The fourth-order valence-electron chi connectivity index (χ4n) is 3.94. The van der Waals surface area contributed by atoms with Crippen LogP contribution in [0.4, 0.5) is 20.6 Å². The van der Waals surface area contributed by atoms with Crippen LogP contribution < -0.4 is 10.2 Å². The third kappa shape index (κ3) is 5.41. The van der Waals surface area contributed by atoms with Crippen LogP contribution in [0.5, 0.6) is 0 Å². The molecular formula is C27H24FN3O5. The fraction of sp³-hybridized carbons (Fsp3) is 0.185. The molecule has 1 heterocycles. The van der Waals surface area contributed by atoms with Gasteiger partial charge in [0.15, 0.2) is 0 Å². The van der Waals surface area contributed by atoms with Crippen LogP contribution in [-0.4, -0.2) is 41.4 Å². The summed E-state index contributed by atoms with van der Waals surface area (Å²) in [6, 6.07) is 18.6. The Kier molecular flexibility index (Phi) is 7.39. The van der Waals surface area contributed by atoms with Crippen molar-refractivity contribution in [1.82, 2.24) is 4.90 Å². The van der Waals surface area contributed by atoms with Gasteiger partial charge in [-0.05, 0) is 55.0 Å². The molecule has 1 aliphatic rings. The van der Waals surface area contributed by atoms with Crippen LogP contribution in [0.1, 0.15) is 29.3 Å². The van der Waals surface area contributed by atoms with Gasteiger partial charge in [-0.25, -0.2) is 18.9 Å². The third-order valence-corrected chi connectivity index (χ3v) is 5.64. The predicted octanol–water partition coefficient (Wildman–Crippen LogP) is 4.37. The lowest BCUT2D eigenvalue weighted by Gasteiger charge is -2.21. The number of imide groups is 1. The summed E-state index contributed by atoms with van der Waals surface area (Å²) in [5.41, 5.74) is 1.63. The standard InChI is InChI=1S/C27H24FN3O5/c1-2-36-26(34)19-7-6-8-21(15-19)29-24(32)16-23-25(33)31(22-9-4-3-5-10-22)27(35)30(23)17-18-11-13-20(28)14-12-18/h3-15,23H,2,16-17H2,1H3,(H,29,32). The molecule has 0 aliphatic carbocycles. The highest BCUT2D eigenvalue weighted by Crippen LogP contribution is 2.28. The van der Waals surface area contributed by atoms with Crippen molar-refractivity contribution in [3.8, 4) is 0 Å². The lowest BCUT2D eigenvalue weighted by Crippen LogP contribution is -2.37. The predicted molar refractivity (Wildman–Crippen MR) is 131 cm³/mol. The molecule has 3 aromatic carbocycles. The van der Waals surface area contributed by atoms with E-state index in [1.54, 1.807) is 55.5 Å². The second-order valence-electron chi connectivity index (χ2n) is 8.12. The van der Waals surface area contributed by atoms with E-state index in [0.29, 0.717) is 16.9 Å². The number of urea groups is 1. The summed E-state index contributed by atoms with van der Waals surface area (Å²) in [5.74, 6) is -1.99. The molecule has 3 aromatic rings. The van der Waals surface area contributed by atoms with E-state index < -0.39 is 35.7 Å². The highest BCUT2D eigenvalue weighted by molar-refractivity contribution is 6.22. The number of ether oxygens (including phenoxy) is 1. The maximum absolute atomic E-state index is 13.4. The van der Waals surface area contributed by atoms with E-state index in [0.717, 1.165) is 4.90 Å². The number of nitrogens with one attached hydrogen (secondary N) is 1. The molecule has 4 rings (SSSR count). The number of para-hydroxylation sites is 1. The number of nitrogens with zero attached hydrogens (tertiary/aromatic N) is 2. The van der Waals surface area contributed by atoms with Crippen molar-refractivity contribution in [2.24, 2.45) is 0 Å². The summed E-state index contributed by atoms with van der Waals surface area (Å²) in [4.78, 5) is 53.9. The van der Waals surface area contributed by atoms with E-state index in [1.807, 2.05) is 0 Å². The van der Waals surface area contributed by atoms with Gasteiger partial charge in [0.25, 0.3) is 5.91 Å². The van der Waals surface area contributed by atoms with Gasteiger partial charge in [0.05, 0.1) is 24.3 Å². The van der Waals surface area contributed by atoms with Crippen molar-refractivity contribution < 1.29 is 28.3 Å². The Balaban J connectivity index is 1.56. The first-order chi connectivity index (χ1) is 17.4. The van der Waals surface area contributed by atoms with Gasteiger partial charge in [-0.1, -0.05) is 36.4 Å². The van der Waals surface area contributed by atoms with Crippen LogP contribution in [-0.2, 0) is 20.9 Å². The van der Waals surface area contributed by atoms with E-state index >= 15 is 0 Å². The minimum absolute atomic E-state index is 0.0183. The zero-order valence-electron chi connectivity index (χ0n) is 19.5. The molecule has 0 saturated carbocycles. The Labute approximate surface area is 207 Å². The molecule has 0 bridgehead atoms. The quantitative estimate of drug-likeness (QED) is 0.375. The summed E-state index contributed by atoms with van der Waals surface area (Å²) >= 11 is 0. The topological polar surface area (TPSA) is 96.0 Å². The number of amides is 4. The zero-order valence-corrected chi connectivity index (χ0v) is 19.5. The Morgan fingerprint density at radius 3 is 2.39 bits per heavy atom. The van der Waals surface area contributed by atoms with Crippen molar-refractivity contribution in [2.45, 2.75) is 25.9 Å². The number of hydrogen-bond acceptors (Lipinski definition) is 5. The molecule has 0 aromatic heterocycles. The molecule has 1 saturated heterocycles. The van der Waals surface area contributed by atoms with Gasteiger partial charge < -0.3 is 15.0 Å². The number of carbonyl (C=O) groups excluding carboxylic acids is 4. The van der Waals surface area contributed by atoms with Crippen LogP contribution in [0, 0.1) is 5.82 Å². The number of anilines is 2. The molecule has 36 heavy (non-hydrogen) atoms. The van der Waals surface area contributed by atoms with Crippen LogP contribution in [0.25, 0.3) is 0 Å². The average molecular weight is 490 g/mol. The summed E-state index contributed by atoms with van der Waals surface area (Å²) in [6.45, 7) is 1.93. The van der Waals surface area contributed by atoms with Crippen LogP contribution in [0.2, 0.25) is 0 Å². The zero-order chi connectivity index (χ0) is 25.7. The van der Waals surface area contributed by atoms with Gasteiger partial charge >= 0.3 is 12.0 Å². The van der Waals surface area contributed by atoms with Crippen molar-refractivity contribution in [3.63, 3.8) is 0 Å². The van der Waals surface area contributed by atoms with Crippen molar-refractivity contribution in [2.75, 3.05) is 16.8 Å². The first-order valence-electron chi connectivity index (χ1n) is 11.4. The van der Waals surface area contributed by atoms with Crippen molar-refractivity contribution in [1.29, 1.82) is 0 Å². The minimum Gasteiger partial charge on any atom is -0.462 e. The van der Waals surface area contributed by atoms with E-state index in [4.69, 9.17) is 4.74 Å². The minimum atomic E-state index is -1.07. The number of benzene rings is 3. The highest BCUT2D eigenvalue weighted by Gasteiger charge is 2.46. The maximum atomic E-state index is 13.4. The Bertz CT molecular complexity index is 1280. The molecule has 8 nitrogen and oxygen atoms in total. The van der Waals surface area contributed by atoms with E-state index in [2.05, 4.69) is 5.32 Å². The summed E-state index contributed by atoms with van der Waals surface area (Å²) in [6.07, 6.45) is -0.307. The maximum Gasteiger partial charge on any atom is 0.338 e. The largest absolute Gasteiger partial charge is 0.462 e. The normalized spacial score (nSPS) is 15.2. The monoisotopic (exact) mass is 489 g/mol. The van der Waals surface area contributed by atoms with Crippen LogP contribution in [0.15, 0.2) is 78.9 Å². The van der Waals surface area contributed by atoms with E-state index in [9.17, 15) is 23.6 Å². The molecule has 1 fully saturated rings. The molecule has 1 unspecified atom stereocenters. The molecule has 0 spiro atoms. The first-order valence-corrected chi connectivity index (χ1v) is 11.4. The summed E-state index contributed by atoms with van der Waals surface area (Å²) < 4.78 is 18.4. The van der Waals surface area contributed by atoms with Gasteiger partial charge in [-0.2, -0.15) is 0 Å². The Morgan fingerprint density at radius 2 is 1.69 bits per heavy atom. The Morgan fingerprint density at radius 1 is 0.972 bits per heavy atom. The molecule has 1 atom stereocenters. The smallest absolute Gasteiger partial charge is 0.338 e. The third-order valence-electron chi connectivity index (χ3n) is 5.64. The molecule has 9 heteroatoms. The number of rotatable bonds is 8. The van der Waals surface area contributed by atoms with Crippen molar-refractivity contribution >= 4 is 35.2 Å². The molecule has 1 aliphatic heterocycles. The highest BCUT2D eigenvalue weighted by atomic mass is 19.1. The van der Waals surface area contributed by atoms with Crippen molar-refractivity contribution in [3.05, 3.63) is 95.8 Å². The van der Waals surface area contributed by atoms with Gasteiger partial charge in [0.2, 0.25) is 5.91 Å². The van der Waals surface area contributed by atoms with Gasteiger partial charge in [-0.15, -0.1) is 0 Å². The van der Waals surface area contributed by atoms with Gasteiger partial charge in [0.1, 0.15) is 11.9 Å². The Hall–Kier alpha value is -4.53. The lowest BCUT2D eigenvalue weighted by molar-refractivity contribution is -0.124. The number of halogens is 1. The van der Waals surface area contributed by atoms with E-state index in [-0.39, 0.29) is 25.1 Å². The van der Waals surface area contributed by atoms with Gasteiger partial charge in [0, 0.05) is 12.2 Å². The molecule has 184 valence electrons. The average Bonchev–Trinajstić information content (AvgIpc) is 3.10. The first kappa shape index (κ1) is 24.6. The van der Waals surface area contributed by atoms with Crippen LogP contribution >= 0.6 is 0 Å². The van der Waals surface area contributed by atoms with E-state index in [1.165, 1.54) is 35.2 Å². The molecule has 1 N–H and O–H groups in total. The summed E-state index contributed by atoms with van der Waals surface area (Å²) in [7, 11) is 0. The second-order valence-corrected chi connectivity index (χ2v) is 8.12. The number of esters is 1. The van der Waals surface area contributed by atoms with Crippen LogP contribution in [0.3, 0.4) is 0 Å². The summed E-state index contributed by atoms with van der Waals surface area (Å²) in [5, 5.41) is 2.68. The fourth-order valence-corrected chi connectivity index (χ4v) is 3.94. The molecular weight excluding hydrogens is 465 g/mol. The lowest BCUT2D eigenvalue weighted by atomic mass is 10.1. The number of hydrogen-bond donors (Lipinski definition) is 1. The number of carbonyl (C=O) groups is 4. The molecule has 0 radical (unpaired) electrons. The SMILES string of the molecule is CCOC(=O)c1cccc(NC(=O)CC2C(=O)N(c3ccccc3)C(=O)N2Cc2ccc(F)cc2)c1. The van der Waals surface area contributed by atoms with Gasteiger partial charge in [-0.3, -0.25) is 9.59 Å². The second kappa shape index (κ2) is 10.8. The molecule has 4 amide bonds.